The lowest BCUT2D eigenvalue weighted by Crippen LogP contribution is -2.32. The zero-order valence-corrected chi connectivity index (χ0v) is 15.1. The highest BCUT2D eigenvalue weighted by atomic mass is 35.5. The van der Waals surface area contributed by atoms with Crippen LogP contribution in [0.3, 0.4) is 0 Å². The minimum atomic E-state index is -3.58. The Bertz CT molecular complexity index is 794. The second-order valence-corrected chi connectivity index (χ2v) is 7.69. The van der Waals surface area contributed by atoms with Gasteiger partial charge in [0.25, 0.3) is 0 Å². The fourth-order valence-electron chi connectivity index (χ4n) is 2.28. The summed E-state index contributed by atoms with van der Waals surface area (Å²) in [6.45, 7) is 1.90. The molecule has 0 amide bonds. The number of benzene rings is 2. The molecule has 0 radical (unpaired) electrons. The van der Waals surface area contributed by atoms with Gasteiger partial charge in [0.05, 0.1) is 30.1 Å². The Morgan fingerprint density at radius 3 is 2.38 bits per heavy atom. The maximum absolute atomic E-state index is 13.3. The summed E-state index contributed by atoms with van der Waals surface area (Å²) in [4.78, 5) is 0. The van der Waals surface area contributed by atoms with Crippen LogP contribution in [0, 0.1) is 5.82 Å². The molecule has 0 spiro atoms. The van der Waals surface area contributed by atoms with Crippen molar-refractivity contribution in [1.29, 1.82) is 0 Å². The van der Waals surface area contributed by atoms with E-state index in [2.05, 4.69) is 0 Å². The van der Waals surface area contributed by atoms with E-state index in [4.69, 9.17) is 16.3 Å². The largest absolute Gasteiger partial charge is 0.497 e. The smallest absolute Gasteiger partial charge is 0.235 e. The molecule has 0 atom stereocenters. The van der Waals surface area contributed by atoms with Crippen molar-refractivity contribution in [3.05, 3.63) is 58.9 Å². The van der Waals surface area contributed by atoms with Gasteiger partial charge >= 0.3 is 0 Å². The zero-order chi connectivity index (χ0) is 17.7. The lowest BCUT2D eigenvalue weighted by molar-refractivity contribution is 0.414. The molecular weight excluding hydrogens is 353 g/mol. The first-order valence-corrected chi connectivity index (χ1v) is 9.44. The molecule has 0 saturated carbocycles. The standard InChI is InChI=1S/C17H19ClFNO3S/c1-3-10-24(21,22)20(17-9-6-14(19)11-16(17)18)12-13-4-7-15(23-2)8-5-13/h4-9,11H,3,10,12H2,1-2H3. The Morgan fingerprint density at radius 2 is 1.83 bits per heavy atom. The van der Waals surface area contributed by atoms with Crippen LogP contribution in [0.15, 0.2) is 42.5 Å². The molecule has 0 bridgehead atoms. The molecule has 0 N–H and O–H groups in total. The van der Waals surface area contributed by atoms with E-state index < -0.39 is 15.8 Å². The van der Waals surface area contributed by atoms with Gasteiger partial charge in [0.1, 0.15) is 11.6 Å². The van der Waals surface area contributed by atoms with Gasteiger partial charge in [0.2, 0.25) is 10.0 Å². The van der Waals surface area contributed by atoms with Gasteiger partial charge in [-0.25, -0.2) is 12.8 Å². The Balaban J connectivity index is 2.42. The number of halogens is 2. The number of anilines is 1. The fraction of sp³-hybridized carbons (Fsp3) is 0.294. The van der Waals surface area contributed by atoms with E-state index in [-0.39, 0.29) is 23.0 Å². The van der Waals surface area contributed by atoms with E-state index in [9.17, 15) is 12.8 Å². The lowest BCUT2D eigenvalue weighted by atomic mass is 10.2. The van der Waals surface area contributed by atoms with Crippen molar-refractivity contribution in [3.8, 4) is 5.75 Å². The monoisotopic (exact) mass is 371 g/mol. The summed E-state index contributed by atoms with van der Waals surface area (Å²) < 4.78 is 44.9. The van der Waals surface area contributed by atoms with Crippen LogP contribution in [0.1, 0.15) is 18.9 Å². The maximum atomic E-state index is 13.3. The Morgan fingerprint density at radius 1 is 1.17 bits per heavy atom. The molecule has 0 saturated heterocycles. The van der Waals surface area contributed by atoms with Crippen molar-refractivity contribution in [2.75, 3.05) is 17.2 Å². The first-order valence-electron chi connectivity index (χ1n) is 7.45. The summed E-state index contributed by atoms with van der Waals surface area (Å²) in [5, 5.41) is 0.0585. The molecule has 0 aliphatic carbocycles. The molecular formula is C17H19ClFNO3S. The van der Waals surface area contributed by atoms with Crippen LogP contribution < -0.4 is 9.04 Å². The van der Waals surface area contributed by atoms with E-state index in [1.54, 1.807) is 38.3 Å². The van der Waals surface area contributed by atoms with Gasteiger partial charge in [0.15, 0.2) is 0 Å². The van der Waals surface area contributed by atoms with E-state index in [0.29, 0.717) is 12.2 Å². The molecule has 24 heavy (non-hydrogen) atoms. The zero-order valence-electron chi connectivity index (χ0n) is 13.5. The van der Waals surface area contributed by atoms with Gasteiger partial charge < -0.3 is 4.74 Å². The summed E-state index contributed by atoms with van der Waals surface area (Å²) in [7, 11) is -2.02. The molecule has 7 heteroatoms. The van der Waals surface area contributed by atoms with E-state index in [1.807, 2.05) is 0 Å². The van der Waals surface area contributed by atoms with Crippen molar-refractivity contribution >= 4 is 27.3 Å². The SMILES string of the molecule is CCCS(=O)(=O)N(Cc1ccc(OC)cc1)c1ccc(F)cc1Cl. The summed E-state index contributed by atoms with van der Waals surface area (Å²) in [5.74, 6) is 0.152. The molecule has 2 aromatic carbocycles. The fourth-order valence-corrected chi connectivity index (χ4v) is 4.14. The molecule has 2 aromatic rings. The maximum Gasteiger partial charge on any atom is 0.235 e. The molecule has 130 valence electrons. The molecule has 4 nitrogen and oxygen atoms in total. The first kappa shape index (κ1) is 18.5. The Labute approximate surface area is 146 Å². The van der Waals surface area contributed by atoms with Crippen molar-refractivity contribution in [3.63, 3.8) is 0 Å². The highest BCUT2D eigenvalue weighted by Crippen LogP contribution is 2.30. The van der Waals surface area contributed by atoms with Crippen molar-refractivity contribution in [2.45, 2.75) is 19.9 Å². The van der Waals surface area contributed by atoms with Gasteiger partial charge in [0, 0.05) is 0 Å². The van der Waals surface area contributed by atoms with E-state index in [0.717, 1.165) is 11.6 Å². The third kappa shape index (κ3) is 4.39. The number of ether oxygens (including phenoxy) is 1. The minimum absolute atomic E-state index is 0.0170. The number of hydrogen-bond donors (Lipinski definition) is 0. The molecule has 0 heterocycles. The van der Waals surface area contributed by atoms with Crippen LogP contribution >= 0.6 is 11.6 Å². The van der Waals surface area contributed by atoms with Gasteiger partial charge in [-0.3, -0.25) is 4.31 Å². The number of sulfonamides is 1. The van der Waals surface area contributed by atoms with Crippen molar-refractivity contribution in [1.82, 2.24) is 0 Å². The predicted octanol–water partition coefficient (Wildman–Crippen LogP) is 4.23. The van der Waals surface area contributed by atoms with E-state index >= 15 is 0 Å². The minimum Gasteiger partial charge on any atom is -0.497 e. The van der Waals surface area contributed by atoms with Gasteiger partial charge in [-0.15, -0.1) is 0 Å². The highest BCUT2D eigenvalue weighted by molar-refractivity contribution is 7.92. The molecule has 0 aliphatic heterocycles. The molecule has 0 aliphatic rings. The van der Waals surface area contributed by atoms with Crippen LogP contribution in [0.5, 0.6) is 5.75 Å². The van der Waals surface area contributed by atoms with Crippen LogP contribution in [-0.2, 0) is 16.6 Å². The summed E-state index contributed by atoms with van der Waals surface area (Å²) >= 11 is 6.08. The van der Waals surface area contributed by atoms with Crippen LogP contribution in [0.2, 0.25) is 5.02 Å². The van der Waals surface area contributed by atoms with Crippen molar-refractivity contribution in [2.24, 2.45) is 0 Å². The molecule has 2 rings (SSSR count). The normalized spacial score (nSPS) is 11.3. The summed E-state index contributed by atoms with van der Waals surface area (Å²) in [5.41, 5.74) is 1.04. The third-order valence-electron chi connectivity index (χ3n) is 3.46. The quantitative estimate of drug-likeness (QED) is 0.731. The van der Waals surface area contributed by atoms with Gasteiger partial charge in [-0.05, 0) is 42.3 Å². The van der Waals surface area contributed by atoms with Crippen LogP contribution in [-0.4, -0.2) is 21.3 Å². The van der Waals surface area contributed by atoms with Crippen LogP contribution in [0.25, 0.3) is 0 Å². The molecule has 0 aromatic heterocycles. The lowest BCUT2D eigenvalue weighted by Gasteiger charge is -2.25. The topological polar surface area (TPSA) is 46.6 Å². The molecule has 0 fully saturated rings. The van der Waals surface area contributed by atoms with Crippen LogP contribution in [0.4, 0.5) is 10.1 Å². The predicted molar refractivity (Wildman–Crippen MR) is 94.7 cm³/mol. The second kappa shape index (κ2) is 7.85. The number of methoxy groups -OCH3 is 1. The van der Waals surface area contributed by atoms with Gasteiger partial charge in [-0.1, -0.05) is 30.7 Å². The number of rotatable bonds is 7. The third-order valence-corrected chi connectivity index (χ3v) is 5.69. The van der Waals surface area contributed by atoms with Gasteiger partial charge in [-0.2, -0.15) is 0 Å². The first-order chi connectivity index (χ1) is 11.4. The Kier molecular flexibility index (Phi) is 6.07. The number of hydrogen-bond acceptors (Lipinski definition) is 3. The summed E-state index contributed by atoms with van der Waals surface area (Å²) in [6.07, 6.45) is 0.472. The number of nitrogens with zero attached hydrogens (tertiary/aromatic N) is 1. The van der Waals surface area contributed by atoms with Crippen molar-refractivity contribution < 1.29 is 17.5 Å². The Hall–Kier alpha value is -1.79. The average Bonchev–Trinajstić information content (AvgIpc) is 2.54. The second-order valence-electron chi connectivity index (χ2n) is 5.27. The van der Waals surface area contributed by atoms with E-state index in [1.165, 1.54) is 16.4 Å². The highest BCUT2D eigenvalue weighted by Gasteiger charge is 2.24. The summed E-state index contributed by atoms with van der Waals surface area (Å²) in [6, 6.07) is 10.8. The molecule has 0 unspecified atom stereocenters. The average molecular weight is 372 g/mol.